The maximum Gasteiger partial charge on any atom is 0.257 e. The molecule has 1 aromatic rings. The van der Waals surface area contributed by atoms with Crippen LogP contribution in [-0.4, -0.2) is 34.9 Å². The van der Waals surface area contributed by atoms with Gasteiger partial charge in [-0.15, -0.1) is 0 Å². The standard InChI is InChI=1S/C15H23N3O/c1-4-16-14-13(6-5-9-17-14)15(19)18(11(2)3)10-12-7-8-12/h5-6,9,11-12H,4,7-8,10H2,1-3H3,(H,16,17). The van der Waals surface area contributed by atoms with E-state index in [0.29, 0.717) is 17.3 Å². The number of hydrogen-bond donors (Lipinski definition) is 1. The van der Waals surface area contributed by atoms with Crippen LogP contribution in [0, 0.1) is 5.92 Å². The van der Waals surface area contributed by atoms with Gasteiger partial charge in [0.05, 0.1) is 5.56 Å². The Labute approximate surface area is 115 Å². The van der Waals surface area contributed by atoms with E-state index in [-0.39, 0.29) is 11.9 Å². The number of nitrogens with one attached hydrogen (secondary N) is 1. The molecule has 1 fully saturated rings. The number of carbonyl (C=O) groups excluding carboxylic acids is 1. The Morgan fingerprint density at radius 1 is 1.53 bits per heavy atom. The number of pyridine rings is 1. The van der Waals surface area contributed by atoms with Crippen LogP contribution in [0.3, 0.4) is 0 Å². The lowest BCUT2D eigenvalue weighted by Crippen LogP contribution is -2.38. The molecule has 4 heteroatoms. The molecule has 0 bridgehead atoms. The molecule has 1 heterocycles. The molecule has 1 amide bonds. The molecule has 0 atom stereocenters. The van der Waals surface area contributed by atoms with E-state index in [1.54, 1.807) is 6.20 Å². The van der Waals surface area contributed by atoms with Crippen LogP contribution in [0.4, 0.5) is 5.82 Å². The average Bonchev–Trinajstić information content (AvgIpc) is 3.20. The predicted molar refractivity (Wildman–Crippen MR) is 77.3 cm³/mol. The van der Waals surface area contributed by atoms with Gasteiger partial charge >= 0.3 is 0 Å². The molecule has 0 radical (unpaired) electrons. The van der Waals surface area contributed by atoms with Crippen molar-refractivity contribution in [3.05, 3.63) is 23.9 Å². The molecule has 4 nitrogen and oxygen atoms in total. The van der Waals surface area contributed by atoms with Crippen LogP contribution >= 0.6 is 0 Å². The number of anilines is 1. The smallest absolute Gasteiger partial charge is 0.257 e. The van der Waals surface area contributed by atoms with Gasteiger partial charge in [-0.2, -0.15) is 0 Å². The van der Waals surface area contributed by atoms with Crippen LogP contribution in [0.2, 0.25) is 0 Å². The molecule has 0 aromatic carbocycles. The van der Waals surface area contributed by atoms with Gasteiger partial charge < -0.3 is 10.2 Å². The molecule has 104 valence electrons. The minimum Gasteiger partial charge on any atom is -0.370 e. The molecule has 1 saturated carbocycles. The quantitative estimate of drug-likeness (QED) is 0.856. The SMILES string of the molecule is CCNc1ncccc1C(=O)N(CC1CC1)C(C)C. The zero-order valence-corrected chi connectivity index (χ0v) is 12.0. The number of nitrogens with zero attached hydrogens (tertiary/aromatic N) is 2. The lowest BCUT2D eigenvalue weighted by atomic mass is 10.1. The second-order valence-electron chi connectivity index (χ2n) is 5.42. The predicted octanol–water partition coefficient (Wildman–Crippen LogP) is 2.77. The first-order valence-electron chi connectivity index (χ1n) is 7.13. The lowest BCUT2D eigenvalue weighted by Gasteiger charge is -2.27. The third-order valence-electron chi connectivity index (χ3n) is 3.42. The van der Waals surface area contributed by atoms with Crippen LogP contribution in [0.15, 0.2) is 18.3 Å². The highest BCUT2D eigenvalue weighted by atomic mass is 16.2. The van der Waals surface area contributed by atoms with E-state index in [1.165, 1.54) is 12.8 Å². The largest absolute Gasteiger partial charge is 0.370 e. The van der Waals surface area contributed by atoms with Gasteiger partial charge in [0.25, 0.3) is 5.91 Å². The summed E-state index contributed by atoms with van der Waals surface area (Å²) in [5, 5.41) is 3.16. The monoisotopic (exact) mass is 261 g/mol. The molecule has 2 rings (SSSR count). The van der Waals surface area contributed by atoms with E-state index in [9.17, 15) is 4.79 Å². The van der Waals surface area contributed by atoms with Crippen LogP contribution in [0.1, 0.15) is 44.0 Å². The van der Waals surface area contributed by atoms with Crippen molar-refractivity contribution >= 4 is 11.7 Å². The van der Waals surface area contributed by atoms with Gasteiger partial charge in [-0.1, -0.05) is 0 Å². The average molecular weight is 261 g/mol. The van der Waals surface area contributed by atoms with Crippen molar-refractivity contribution in [2.45, 2.75) is 39.7 Å². The van der Waals surface area contributed by atoms with Gasteiger partial charge in [-0.3, -0.25) is 4.79 Å². The Morgan fingerprint density at radius 2 is 2.26 bits per heavy atom. The van der Waals surface area contributed by atoms with Crippen molar-refractivity contribution in [3.8, 4) is 0 Å². The van der Waals surface area contributed by atoms with E-state index in [1.807, 2.05) is 24.0 Å². The molecule has 0 saturated heterocycles. The number of aromatic nitrogens is 1. The normalized spacial score (nSPS) is 14.5. The number of amides is 1. The molecule has 0 aliphatic heterocycles. The van der Waals surface area contributed by atoms with E-state index in [2.05, 4.69) is 24.1 Å². The highest BCUT2D eigenvalue weighted by Crippen LogP contribution is 2.31. The first-order chi connectivity index (χ1) is 9.13. The van der Waals surface area contributed by atoms with E-state index >= 15 is 0 Å². The molecule has 19 heavy (non-hydrogen) atoms. The number of hydrogen-bond acceptors (Lipinski definition) is 3. The fourth-order valence-corrected chi connectivity index (χ4v) is 2.15. The van der Waals surface area contributed by atoms with Crippen LogP contribution in [0.25, 0.3) is 0 Å². The van der Waals surface area contributed by atoms with Gasteiger partial charge in [-0.05, 0) is 51.7 Å². The highest BCUT2D eigenvalue weighted by molar-refractivity contribution is 5.98. The van der Waals surface area contributed by atoms with Gasteiger partial charge in [-0.25, -0.2) is 4.98 Å². The second-order valence-corrected chi connectivity index (χ2v) is 5.42. The van der Waals surface area contributed by atoms with Crippen molar-refractivity contribution in [2.24, 2.45) is 5.92 Å². The minimum absolute atomic E-state index is 0.0888. The molecule has 1 N–H and O–H groups in total. The summed E-state index contributed by atoms with van der Waals surface area (Å²) < 4.78 is 0. The Morgan fingerprint density at radius 3 is 2.84 bits per heavy atom. The van der Waals surface area contributed by atoms with Gasteiger partial charge in [0, 0.05) is 25.3 Å². The Balaban J connectivity index is 2.20. The zero-order valence-electron chi connectivity index (χ0n) is 12.0. The molecule has 0 spiro atoms. The maximum atomic E-state index is 12.7. The number of carbonyl (C=O) groups is 1. The van der Waals surface area contributed by atoms with E-state index in [0.717, 1.165) is 13.1 Å². The van der Waals surface area contributed by atoms with Gasteiger partial charge in [0.15, 0.2) is 0 Å². The van der Waals surface area contributed by atoms with Crippen LogP contribution in [0.5, 0.6) is 0 Å². The summed E-state index contributed by atoms with van der Waals surface area (Å²) >= 11 is 0. The van der Waals surface area contributed by atoms with Crippen LogP contribution in [-0.2, 0) is 0 Å². The summed E-state index contributed by atoms with van der Waals surface area (Å²) in [5.74, 6) is 1.48. The van der Waals surface area contributed by atoms with Crippen molar-refractivity contribution < 1.29 is 4.79 Å². The summed E-state index contributed by atoms with van der Waals surface area (Å²) in [4.78, 5) is 18.9. The van der Waals surface area contributed by atoms with E-state index < -0.39 is 0 Å². The Bertz CT molecular complexity index is 441. The molecule has 1 aromatic heterocycles. The first-order valence-corrected chi connectivity index (χ1v) is 7.13. The fourth-order valence-electron chi connectivity index (χ4n) is 2.15. The third kappa shape index (κ3) is 3.46. The molecular formula is C15H23N3O. The summed E-state index contributed by atoms with van der Waals surface area (Å²) in [6, 6.07) is 3.90. The van der Waals surface area contributed by atoms with Crippen molar-refractivity contribution in [1.82, 2.24) is 9.88 Å². The molecule has 0 unspecified atom stereocenters. The van der Waals surface area contributed by atoms with Crippen LogP contribution < -0.4 is 5.32 Å². The summed E-state index contributed by atoms with van der Waals surface area (Å²) in [6.07, 6.45) is 4.22. The molecule has 1 aliphatic rings. The fraction of sp³-hybridized carbons (Fsp3) is 0.600. The summed E-state index contributed by atoms with van der Waals surface area (Å²) in [5.41, 5.74) is 0.679. The minimum atomic E-state index is 0.0888. The summed E-state index contributed by atoms with van der Waals surface area (Å²) in [7, 11) is 0. The Hall–Kier alpha value is -1.58. The van der Waals surface area contributed by atoms with Gasteiger partial charge in [0.2, 0.25) is 0 Å². The second kappa shape index (κ2) is 6.04. The van der Waals surface area contributed by atoms with Crippen molar-refractivity contribution in [1.29, 1.82) is 0 Å². The first kappa shape index (κ1) is 13.8. The highest BCUT2D eigenvalue weighted by Gasteiger charge is 2.29. The molecule has 1 aliphatic carbocycles. The topological polar surface area (TPSA) is 45.2 Å². The molecular weight excluding hydrogens is 238 g/mol. The van der Waals surface area contributed by atoms with Gasteiger partial charge in [0.1, 0.15) is 5.82 Å². The summed E-state index contributed by atoms with van der Waals surface area (Å²) in [6.45, 7) is 7.79. The maximum absolute atomic E-state index is 12.7. The number of rotatable bonds is 6. The Kier molecular flexibility index (Phi) is 4.40. The lowest BCUT2D eigenvalue weighted by molar-refractivity contribution is 0.0697. The third-order valence-corrected chi connectivity index (χ3v) is 3.42. The van der Waals surface area contributed by atoms with Crippen molar-refractivity contribution in [2.75, 3.05) is 18.4 Å². The van der Waals surface area contributed by atoms with Crippen molar-refractivity contribution in [3.63, 3.8) is 0 Å². The van der Waals surface area contributed by atoms with E-state index in [4.69, 9.17) is 0 Å². The zero-order chi connectivity index (χ0) is 13.8.